The van der Waals surface area contributed by atoms with E-state index in [9.17, 15) is 0 Å². The van der Waals surface area contributed by atoms with Gasteiger partial charge in [0.25, 0.3) is 0 Å². The summed E-state index contributed by atoms with van der Waals surface area (Å²) >= 11 is 0. The Balaban J connectivity index is 1.56. The summed E-state index contributed by atoms with van der Waals surface area (Å²) in [7, 11) is 0. The molecule has 2 N–H and O–H groups in total. The summed E-state index contributed by atoms with van der Waals surface area (Å²) in [4.78, 5) is 8.63. The third-order valence-electron chi connectivity index (χ3n) is 5.30. The molecule has 7 nitrogen and oxygen atoms in total. The Morgan fingerprint density at radius 3 is 2.78 bits per heavy atom. The first-order chi connectivity index (χ1) is 11.0. The van der Waals surface area contributed by atoms with E-state index in [0.717, 1.165) is 11.8 Å². The molecule has 124 valence electrons. The first-order valence-electron chi connectivity index (χ1n) is 8.46. The van der Waals surface area contributed by atoms with Gasteiger partial charge in [0, 0.05) is 6.04 Å². The lowest BCUT2D eigenvalue weighted by Gasteiger charge is -2.34. The second-order valence-corrected chi connectivity index (χ2v) is 8.04. The molecule has 2 aromatic heterocycles. The average molecular weight is 316 g/mol. The number of fused-ring (bicyclic) bond motifs is 2. The molecular weight excluding hydrogens is 292 g/mol. The fraction of sp³-hybridized carbons (Fsp3) is 0.750. The van der Waals surface area contributed by atoms with Gasteiger partial charge in [-0.3, -0.25) is 5.10 Å². The lowest BCUT2D eigenvalue weighted by molar-refractivity contribution is 0.177. The quantitative estimate of drug-likeness (QED) is 0.901. The van der Waals surface area contributed by atoms with E-state index in [2.05, 4.69) is 51.4 Å². The van der Waals surface area contributed by atoms with Crippen molar-refractivity contribution in [1.29, 1.82) is 0 Å². The highest BCUT2D eigenvalue weighted by molar-refractivity contribution is 5.39. The van der Waals surface area contributed by atoms with Crippen molar-refractivity contribution in [2.75, 3.05) is 0 Å². The number of nitrogens with zero attached hydrogens (tertiary/aromatic N) is 4. The van der Waals surface area contributed by atoms with Crippen LogP contribution < -0.4 is 5.32 Å². The van der Waals surface area contributed by atoms with Crippen LogP contribution in [-0.2, 0) is 0 Å². The molecule has 4 rings (SSSR count). The van der Waals surface area contributed by atoms with Crippen LogP contribution in [0.15, 0.2) is 10.9 Å². The standard InChI is InChI=1S/C16H24N6O/c1-16(2,3)12(19-11-7-9-4-5-10(11)6-9)15-20-14(22-23-15)13-17-8-18-21-13/h8-12,19H,4-7H2,1-3H3,(H,17,18,21)/t9-,10-,11+,12+/m0/s1. The van der Waals surface area contributed by atoms with Crippen LogP contribution in [0.1, 0.15) is 58.4 Å². The summed E-state index contributed by atoms with van der Waals surface area (Å²) < 4.78 is 5.56. The molecule has 0 radical (unpaired) electrons. The lowest BCUT2D eigenvalue weighted by atomic mass is 9.84. The maximum Gasteiger partial charge on any atom is 0.244 e. The first-order valence-corrected chi connectivity index (χ1v) is 8.46. The lowest BCUT2D eigenvalue weighted by Crippen LogP contribution is -2.42. The SMILES string of the molecule is CC(C)(C)[C@H](N[C@@H]1C[C@H]2CC[C@H]1C2)c1nc(-c2ncn[nH]2)no1. The van der Waals surface area contributed by atoms with E-state index in [0.29, 0.717) is 23.6 Å². The topological polar surface area (TPSA) is 92.5 Å². The van der Waals surface area contributed by atoms with Crippen LogP contribution in [0.4, 0.5) is 0 Å². The van der Waals surface area contributed by atoms with Crippen molar-refractivity contribution >= 4 is 0 Å². The van der Waals surface area contributed by atoms with E-state index < -0.39 is 0 Å². The minimum Gasteiger partial charge on any atom is -0.337 e. The molecule has 7 heteroatoms. The van der Waals surface area contributed by atoms with Crippen molar-refractivity contribution in [3.8, 4) is 11.6 Å². The number of hydrogen-bond donors (Lipinski definition) is 2. The van der Waals surface area contributed by atoms with Gasteiger partial charge < -0.3 is 9.84 Å². The predicted molar refractivity (Wildman–Crippen MR) is 84.2 cm³/mol. The molecule has 2 fully saturated rings. The minimum absolute atomic E-state index is 0.00689. The van der Waals surface area contributed by atoms with E-state index in [-0.39, 0.29) is 11.5 Å². The van der Waals surface area contributed by atoms with Gasteiger partial charge in [0.15, 0.2) is 5.82 Å². The molecule has 0 spiro atoms. The number of H-pyrrole nitrogens is 1. The molecule has 2 heterocycles. The highest BCUT2D eigenvalue weighted by atomic mass is 16.5. The molecule has 2 saturated carbocycles. The van der Waals surface area contributed by atoms with Gasteiger partial charge >= 0.3 is 0 Å². The minimum atomic E-state index is -0.00689. The van der Waals surface area contributed by atoms with Crippen LogP contribution in [0.3, 0.4) is 0 Å². The van der Waals surface area contributed by atoms with Gasteiger partial charge in [0.1, 0.15) is 6.33 Å². The van der Waals surface area contributed by atoms with Crippen molar-refractivity contribution in [3.63, 3.8) is 0 Å². The molecule has 0 amide bonds. The number of nitrogens with one attached hydrogen (secondary N) is 2. The Morgan fingerprint density at radius 1 is 1.30 bits per heavy atom. The summed E-state index contributed by atoms with van der Waals surface area (Å²) in [6.45, 7) is 6.61. The van der Waals surface area contributed by atoms with Gasteiger partial charge in [-0.15, -0.1) is 0 Å². The molecule has 23 heavy (non-hydrogen) atoms. The third kappa shape index (κ3) is 2.78. The second-order valence-electron chi connectivity index (χ2n) is 8.04. The van der Waals surface area contributed by atoms with E-state index >= 15 is 0 Å². The molecule has 2 aromatic rings. The Hall–Kier alpha value is -1.76. The Labute approximate surface area is 135 Å². The average Bonchev–Trinajstić information content (AvgIpc) is 3.25. The van der Waals surface area contributed by atoms with Crippen molar-refractivity contribution in [2.24, 2.45) is 17.3 Å². The molecule has 0 aliphatic heterocycles. The van der Waals surface area contributed by atoms with Crippen LogP contribution >= 0.6 is 0 Å². The zero-order valence-corrected chi connectivity index (χ0v) is 13.9. The predicted octanol–water partition coefficient (Wildman–Crippen LogP) is 2.72. The van der Waals surface area contributed by atoms with Crippen LogP contribution in [0.5, 0.6) is 0 Å². The third-order valence-corrected chi connectivity index (χ3v) is 5.30. The summed E-state index contributed by atoms with van der Waals surface area (Å²) in [5.74, 6) is 3.34. The van der Waals surface area contributed by atoms with Gasteiger partial charge in [-0.2, -0.15) is 10.1 Å². The van der Waals surface area contributed by atoms with E-state index in [1.807, 2.05) is 0 Å². The molecule has 0 aromatic carbocycles. The van der Waals surface area contributed by atoms with Crippen LogP contribution in [0.25, 0.3) is 11.6 Å². The number of hydrogen-bond acceptors (Lipinski definition) is 6. The van der Waals surface area contributed by atoms with Crippen LogP contribution in [-0.4, -0.2) is 31.4 Å². The zero-order chi connectivity index (χ0) is 16.0. The highest BCUT2D eigenvalue weighted by Crippen LogP contribution is 2.46. The highest BCUT2D eigenvalue weighted by Gasteiger charge is 2.43. The monoisotopic (exact) mass is 316 g/mol. The van der Waals surface area contributed by atoms with Gasteiger partial charge in [0.05, 0.1) is 6.04 Å². The molecule has 0 saturated heterocycles. The summed E-state index contributed by atoms with van der Waals surface area (Å²) in [5, 5.41) is 14.5. The maximum atomic E-state index is 5.56. The van der Waals surface area contributed by atoms with Gasteiger partial charge in [-0.05, 0) is 36.5 Å². The van der Waals surface area contributed by atoms with Gasteiger partial charge in [0.2, 0.25) is 11.7 Å². The molecule has 2 bridgehead atoms. The Kier molecular flexibility index (Phi) is 3.48. The van der Waals surface area contributed by atoms with Crippen molar-refractivity contribution < 1.29 is 4.52 Å². The summed E-state index contributed by atoms with van der Waals surface area (Å²) in [5.41, 5.74) is -0.00689. The molecule has 2 aliphatic rings. The van der Waals surface area contributed by atoms with Crippen molar-refractivity contribution in [3.05, 3.63) is 12.2 Å². The molecular formula is C16H24N6O. The van der Waals surface area contributed by atoms with Gasteiger partial charge in [-0.25, -0.2) is 4.98 Å². The normalized spacial score (nSPS) is 28.4. The molecule has 4 atom stereocenters. The number of aromatic amines is 1. The van der Waals surface area contributed by atoms with Crippen LogP contribution in [0.2, 0.25) is 0 Å². The fourth-order valence-corrected chi connectivity index (χ4v) is 4.12. The maximum absolute atomic E-state index is 5.56. The first kappa shape index (κ1) is 14.8. The van der Waals surface area contributed by atoms with Gasteiger partial charge in [-0.1, -0.05) is 32.3 Å². The zero-order valence-electron chi connectivity index (χ0n) is 13.9. The number of rotatable bonds is 4. The fourth-order valence-electron chi connectivity index (χ4n) is 4.12. The summed E-state index contributed by atoms with van der Waals surface area (Å²) in [6, 6.07) is 0.606. The molecule has 2 aliphatic carbocycles. The Morgan fingerprint density at radius 2 is 2.17 bits per heavy atom. The van der Waals surface area contributed by atoms with Crippen molar-refractivity contribution in [2.45, 2.75) is 58.5 Å². The van der Waals surface area contributed by atoms with E-state index in [1.54, 1.807) is 0 Å². The van der Waals surface area contributed by atoms with E-state index in [1.165, 1.54) is 32.0 Å². The second kappa shape index (κ2) is 5.40. The molecule has 0 unspecified atom stereocenters. The van der Waals surface area contributed by atoms with Crippen LogP contribution in [0, 0.1) is 17.3 Å². The summed E-state index contributed by atoms with van der Waals surface area (Å²) in [6.07, 6.45) is 6.85. The smallest absolute Gasteiger partial charge is 0.244 e. The van der Waals surface area contributed by atoms with E-state index in [4.69, 9.17) is 4.52 Å². The Bertz CT molecular complexity index is 658. The largest absolute Gasteiger partial charge is 0.337 e. The number of aromatic nitrogens is 5. The van der Waals surface area contributed by atoms with Crippen molar-refractivity contribution in [1.82, 2.24) is 30.6 Å².